The largest absolute Gasteiger partial charge is 0.450 e. The maximum absolute atomic E-state index is 11.8. The van der Waals surface area contributed by atoms with Gasteiger partial charge in [-0.3, -0.25) is 0 Å². The highest BCUT2D eigenvalue weighted by molar-refractivity contribution is 5.67. The summed E-state index contributed by atoms with van der Waals surface area (Å²) in [7, 11) is 0. The number of benzene rings is 1. The van der Waals surface area contributed by atoms with E-state index in [0.717, 1.165) is 30.2 Å². The van der Waals surface area contributed by atoms with Crippen LogP contribution in [0.1, 0.15) is 25.3 Å². The molecular formula is C19H25N5O2. The van der Waals surface area contributed by atoms with Crippen LogP contribution in [0.3, 0.4) is 0 Å². The monoisotopic (exact) mass is 355 g/mol. The Morgan fingerprint density at radius 2 is 2.00 bits per heavy atom. The number of aromatic nitrogens is 2. The number of carbonyl (C=O) groups is 1. The van der Waals surface area contributed by atoms with Gasteiger partial charge in [-0.15, -0.1) is 0 Å². The molecule has 0 atom stereocenters. The summed E-state index contributed by atoms with van der Waals surface area (Å²) in [4.78, 5) is 22.1. The van der Waals surface area contributed by atoms with Crippen molar-refractivity contribution in [2.45, 2.75) is 32.7 Å². The Kier molecular flexibility index (Phi) is 5.88. The number of nitrogens with one attached hydrogen (secondary N) is 2. The fourth-order valence-electron chi connectivity index (χ4n) is 3.01. The number of carbonyl (C=O) groups excluding carboxylic acids is 1. The van der Waals surface area contributed by atoms with Gasteiger partial charge in [-0.1, -0.05) is 12.1 Å². The average Bonchev–Trinajstić information content (AvgIpc) is 2.63. The van der Waals surface area contributed by atoms with Gasteiger partial charge in [-0.05, 0) is 44.4 Å². The van der Waals surface area contributed by atoms with E-state index in [1.807, 2.05) is 25.1 Å². The van der Waals surface area contributed by atoms with Crippen LogP contribution in [0.25, 0.3) is 0 Å². The van der Waals surface area contributed by atoms with E-state index in [0.29, 0.717) is 19.7 Å². The van der Waals surface area contributed by atoms with E-state index in [2.05, 4.69) is 39.7 Å². The molecule has 1 aliphatic rings. The molecule has 0 saturated carbocycles. The van der Waals surface area contributed by atoms with Crippen LogP contribution in [0.4, 0.5) is 22.1 Å². The number of likely N-dealkylation sites (tertiary alicyclic amines) is 1. The fourth-order valence-corrected chi connectivity index (χ4v) is 3.01. The molecule has 1 aromatic heterocycles. The van der Waals surface area contributed by atoms with E-state index in [1.54, 1.807) is 11.2 Å². The van der Waals surface area contributed by atoms with Gasteiger partial charge in [0.25, 0.3) is 0 Å². The minimum absolute atomic E-state index is 0.224. The first-order chi connectivity index (χ1) is 12.6. The minimum atomic E-state index is -0.224. The molecule has 3 rings (SSSR count). The van der Waals surface area contributed by atoms with Crippen LogP contribution in [0.15, 0.2) is 36.7 Å². The molecular weight excluding hydrogens is 330 g/mol. The Bertz CT molecular complexity index is 744. The van der Waals surface area contributed by atoms with Crippen molar-refractivity contribution >= 4 is 23.4 Å². The first kappa shape index (κ1) is 18.0. The lowest BCUT2D eigenvalue weighted by molar-refractivity contribution is 0.0983. The second-order valence-corrected chi connectivity index (χ2v) is 6.39. The lowest BCUT2D eigenvalue weighted by Crippen LogP contribution is -2.42. The van der Waals surface area contributed by atoms with Gasteiger partial charge in [-0.25, -0.2) is 14.8 Å². The van der Waals surface area contributed by atoms with Crippen LogP contribution in [0.5, 0.6) is 0 Å². The fraction of sp³-hybridized carbons (Fsp3) is 0.421. The molecule has 26 heavy (non-hydrogen) atoms. The standard InChI is InChI=1S/C19H25N5O2/c1-3-26-19(25)24-9-7-15(8-10-24)22-17-12-18(21-13-20-17)23-16-6-4-5-14(2)11-16/h4-6,11-13,15H,3,7-10H2,1-2H3,(H2,20,21,22,23). The van der Waals surface area contributed by atoms with Crippen LogP contribution < -0.4 is 10.6 Å². The average molecular weight is 355 g/mol. The van der Waals surface area contributed by atoms with E-state index in [-0.39, 0.29) is 12.1 Å². The molecule has 7 nitrogen and oxygen atoms in total. The number of ether oxygens (including phenoxy) is 1. The summed E-state index contributed by atoms with van der Waals surface area (Å²) in [6.07, 6.45) is 3.05. The first-order valence-electron chi connectivity index (χ1n) is 8.98. The highest BCUT2D eigenvalue weighted by Crippen LogP contribution is 2.20. The molecule has 1 aliphatic heterocycles. The summed E-state index contributed by atoms with van der Waals surface area (Å²) in [6, 6.07) is 10.3. The quantitative estimate of drug-likeness (QED) is 0.854. The van der Waals surface area contributed by atoms with Gasteiger partial charge >= 0.3 is 6.09 Å². The number of nitrogens with zero attached hydrogens (tertiary/aromatic N) is 3. The highest BCUT2D eigenvalue weighted by atomic mass is 16.6. The molecule has 0 aliphatic carbocycles. The van der Waals surface area contributed by atoms with Gasteiger partial charge in [0.2, 0.25) is 0 Å². The van der Waals surface area contributed by atoms with Crippen molar-refractivity contribution in [1.29, 1.82) is 0 Å². The van der Waals surface area contributed by atoms with Gasteiger partial charge in [0.15, 0.2) is 0 Å². The number of aryl methyl sites for hydroxylation is 1. The third kappa shape index (κ3) is 4.84. The summed E-state index contributed by atoms with van der Waals surface area (Å²) in [5, 5.41) is 6.74. The lowest BCUT2D eigenvalue weighted by Gasteiger charge is -2.31. The van der Waals surface area contributed by atoms with Crippen molar-refractivity contribution in [2.24, 2.45) is 0 Å². The maximum Gasteiger partial charge on any atom is 0.409 e. The van der Waals surface area contributed by atoms with Crippen LogP contribution in [0.2, 0.25) is 0 Å². The zero-order valence-electron chi connectivity index (χ0n) is 15.2. The maximum atomic E-state index is 11.8. The van der Waals surface area contributed by atoms with Crippen LogP contribution in [-0.4, -0.2) is 46.7 Å². The Balaban J connectivity index is 1.55. The van der Waals surface area contributed by atoms with Gasteiger partial charge in [-0.2, -0.15) is 0 Å². The van der Waals surface area contributed by atoms with Gasteiger partial charge in [0, 0.05) is 30.9 Å². The predicted octanol–water partition coefficient (Wildman–Crippen LogP) is 3.56. The molecule has 7 heteroatoms. The smallest absolute Gasteiger partial charge is 0.409 e. The molecule has 1 saturated heterocycles. The molecule has 2 aromatic rings. The normalized spacial score (nSPS) is 14.8. The van der Waals surface area contributed by atoms with Crippen LogP contribution >= 0.6 is 0 Å². The number of anilines is 3. The number of rotatable bonds is 5. The van der Waals surface area contributed by atoms with Gasteiger partial charge in [0.05, 0.1) is 6.61 Å². The third-order valence-electron chi connectivity index (χ3n) is 4.33. The van der Waals surface area contributed by atoms with Crippen molar-refractivity contribution < 1.29 is 9.53 Å². The number of hydrogen-bond acceptors (Lipinski definition) is 6. The highest BCUT2D eigenvalue weighted by Gasteiger charge is 2.23. The summed E-state index contributed by atoms with van der Waals surface area (Å²) in [6.45, 7) is 5.67. The number of hydrogen-bond donors (Lipinski definition) is 2. The number of amides is 1. The molecule has 1 amide bonds. The topological polar surface area (TPSA) is 79.4 Å². The van der Waals surface area contributed by atoms with Gasteiger partial charge in [0.1, 0.15) is 18.0 Å². The van der Waals surface area contributed by atoms with E-state index in [4.69, 9.17) is 4.74 Å². The zero-order valence-corrected chi connectivity index (χ0v) is 15.2. The van der Waals surface area contributed by atoms with E-state index < -0.39 is 0 Å². The van der Waals surface area contributed by atoms with Crippen molar-refractivity contribution in [1.82, 2.24) is 14.9 Å². The van der Waals surface area contributed by atoms with E-state index in [1.165, 1.54) is 5.56 Å². The Morgan fingerprint density at radius 1 is 1.23 bits per heavy atom. The minimum Gasteiger partial charge on any atom is -0.450 e. The third-order valence-corrected chi connectivity index (χ3v) is 4.33. The molecule has 1 aromatic carbocycles. The molecule has 0 bridgehead atoms. The Morgan fingerprint density at radius 3 is 2.73 bits per heavy atom. The van der Waals surface area contributed by atoms with Crippen molar-refractivity contribution in [3.05, 3.63) is 42.2 Å². The molecule has 2 N–H and O–H groups in total. The summed E-state index contributed by atoms with van der Waals surface area (Å²) in [5.41, 5.74) is 2.19. The van der Waals surface area contributed by atoms with E-state index >= 15 is 0 Å². The first-order valence-corrected chi connectivity index (χ1v) is 8.98. The summed E-state index contributed by atoms with van der Waals surface area (Å²) in [5.74, 6) is 1.53. The van der Waals surface area contributed by atoms with Crippen molar-refractivity contribution in [3.8, 4) is 0 Å². The second kappa shape index (κ2) is 8.51. The molecule has 2 heterocycles. The predicted molar refractivity (Wildman–Crippen MR) is 102 cm³/mol. The molecule has 138 valence electrons. The molecule has 0 radical (unpaired) electrons. The van der Waals surface area contributed by atoms with Crippen LogP contribution in [0, 0.1) is 6.92 Å². The lowest BCUT2D eigenvalue weighted by atomic mass is 10.1. The van der Waals surface area contributed by atoms with E-state index in [9.17, 15) is 4.79 Å². The molecule has 0 spiro atoms. The number of piperidine rings is 1. The Hall–Kier alpha value is -2.83. The Labute approximate surface area is 153 Å². The van der Waals surface area contributed by atoms with Crippen LogP contribution in [-0.2, 0) is 4.74 Å². The SMILES string of the molecule is CCOC(=O)N1CCC(Nc2cc(Nc3cccc(C)c3)ncn2)CC1. The summed E-state index contributed by atoms with van der Waals surface area (Å²) < 4.78 is 5.05. The zero-order chi connectivity index (χ0) is 18.4. The van der Waals surface area contributed by atoms with Crippen molar-refractivity contribution in [3.63, 3.8) is 0 Å². The van der Waals surface area contributed by atoms with Gasteiger partial charge < -0.3 is 20.3 Å². The molecule has 1 fully saturated rings. The second-order valence-electron chi connectivity index (χ2n) is 6.39. The summed E-state index contributed by atoms with van der Waals surface area (Å²) >= 11 is 0. The molecule has 0 unspecified atom stereocenters. The van der Waals surface area contributed by atoms with Crippen molar-refractivity contribution in [2.75, 3.05) is 30.3 Å².